The standard InChI is InChI=1S/C17H15NS/c18-17(16-10-11-19-12-16)15-8-6-14(7-9-15)13-4-2-1-3-5-13/h1-12,17H,18H2/t17-/m1/s1. The Morgan fingerprint density at radius 1 is 0.737 bits per heavy atom. The Labute approximate surface area is 117 Å². The van der Waals surface area contributed by atoms with Crippen LogP contribution in [0, 0.1) is 0 Å². The van der Waals surface area contributed by atoms with E-state index in [1.54, 1.807) is 11.3 Å². The molecule has 3 rings (SSSR count). The molecule has 0 spiro atoms. The summed E-state index contributed by atoms with van der Waals surface area (Å²) >= 11 is 1.68. The highest BCUT2D eigenvalue weighted by atomic mass is 32.1. The molecule has 0 aliphatic rings. The molecule has 2 heteroatoms. The van der Waals surface area contributed by atoms with Gasteiger partial charge in [0.25, 0.3) is 0 Å². The molecular weight excluding hydrogens is 250 g/mol. The van der Waals surface area contributed by atoms with E-state index in [1.165, 1.54) is 16.7 Å². The number of nitrogens with two attached hydrogens (primary N) is 1. The number of thiophene rings is 1. The number of hydrogen-bond acceptors (Lipinski definition) is 2. The Balaban J connectivity index is 1.87. The van der Waals surface area contributed by atoms with Gasteiger partial charge in [0.1, 0.15) is 0 Å². The van der Waals surface area contributed by atoms with Crippen LogP contribution >= 0.6 is 11.3 Å². The van der Waals surface area contributed by atoms with E-state index >= 15 is 0 Å². The van der Waals surface area contributed by atoms with E-state index < -0.39 is 0 Å². The Morgan fingerprint density at radius 3 is 2.05 bits per heavy atom. The van der Waals surface area contributed by atoms with Gasteiger partial charge in [-0.2, -0.15) is 11.3 Å². The Kier molecular flexibility index (Phi) is 3.45. The van der Waals surface area contributed by atoms with Gasteiger partial charge in [0.2, 0.25) is 0 Å². The van der Waals surface area contributed by atoms with Crippen molar-refractivity contribution in [3.05, 3.63) is 82.6 Å². The average molecular weight is 265 g/mol. The van der Waals surface area contributed by atoms with Crippen molar-refractivity contribution in [2.45, 2.75) is 6.04 Å². The third-order valence-corrected chi connectivity index (χ3v) is 3.98. The van der Waals surface area contributed by atoms with Gasteiger partial charge in [-0.05, 0) is 39.1 Å². The smallest absolute Gasteiger partial charge is 0.0559 e. The molecule has 0 aliphatic heterocycles. The maximum atomic E-state index is 6.26. The molecule has 1 aromatic heterocycles. The lowest BCUT2D eigenvalue weighted by molar-refractivity contribution is 0.877. The predicted molar refractivity (Wildman–Crippen MR) is 82.2 cm³/mol. The monoisotopic (exact) mass is 265 g/mol. The van der Waals surface area contributed by atoms with Crippen molar-refractivity contribution in [3.8, 4) is 11.1 Å². The Morgan fingerprint density at radius 2 is 1.42 bits per heavy atom. The van der Waals surface area contributed by atoms with Crippen LogP contribution in [-0.2, 0) is 0 Å². The highest BCUT2D eigenvalue weighted by molar-refractivity contribution is 7.08. The van der Waals surface area contributed by atoms with E-state index in [-0.39, 0.29) is 6.04 Å². The van der Waals surface area contributed by atoms with Crippen molar-refractivity contribution in [2.75, 3.05) is 0 Å². The van der Waals surface area contributed by atoms with Crippen molar-refractivity contribution < 1.29 is 0 Å². The number of benzene rings is 2. The molecule has 2 aromatic carbocycles. The van der Waals surface area contributed by atoms with Crippen LogP contribution in [0.4, 0.5) is 0 Å². The van der Waals surface area contributed by atoms with Crippen LogP contribution in [0.3, 0.4) is 0 Å². The summed E-state index contributed by atoms with van der Waals surface area (Å²) in [5.41, 5.74) is 11.0. The maximum absolute atomic E-state index is 6.26. The topological polar surface area (TPSA) is 26.0 Å². The summed E-state index contributed by atoms with van der Waals surface area (Å²) in [5.74, 6) is 0. The normalized spacial score (nSPS) is 12.3. The van der Waals surface area contributed by atoms with Crippen LogP contribution in [0.2, 0.25) is 0 Å². The maximum Gasteiger partial charge on any atom is 0.0559 e. The molecular formula is C17H15NS. The van der Waals surface area contributed by atoms with Crippen molar-refractivity contribution in [3.63, 3.8) is 0 Å². The molecule has 0 fully saturated rings. The summed E-state index contributed by atoms with van der Waals surface area (Å²) in [6.07, 6.45) is 0. The second kappa shape index (κ2) is 5.39. The van der Waals surface area contributed by atoms with E-state index in [2.05, 4.69) is 65.4 Å². The molecule has 94 valence electrons. The van der Waals surface area contributed by atoms with Gasteiger partial charge in [0.05, 0.1) is 6.04 Å². The number of hydrogen-bond donors (Lipinski definition) is 1. The van der Waals surface area contributed by atoms with Crippen LogP contribution in [0.25, 0.3) is 11.1 Å². The molecule has 3 aromatic rings. The minimum absolute atomic E-state index is 0.0314. The molecule has 19 heavy (non-hydrogen) atoms. The highest BCUT2D eigenvalue weighted by Gasteiger charge is 2.09. The molecule has 0 radical (unpaired) electrons. The summed E-state index contributed by atoms with van der Waals surface area (Å²) in [6.45, 7) is 0. The predicted octanol–water partition coefficient (Wildman–Crippen LogP) is 4.46. The first kappa shape index (κ1) is 12.2. The fourth-order valence-electron chi connectivity index (χ4n) is 2.16. The molecule has 2 N–H and O–H groups in total. The molecule has 0 aliphatic carbocycles. The van der Waals surface area contributed by atoms with E-state index in [0.29, 0.717) is 0 Å². The third kappa shape index (κ3) is 2.60. The largest absolute Gasteiger partial charge is 0.320 e. The molecule has 0 saturated carbocycles. The molecule has 0 bridgehead atoms. The quantitative estimate of drug-likeness (QED) is 0.743. The van der Waals surface area contributed by atoms with Gasteiger partial charge >= 0.3 is 0 Å². The van der Waals surface area contributed by atoms with Gasteiger partial charge in [-0.3, -0.25) is 0 Å². The molecule has 0 saturated heterocycles. The van der Waals surface area contributed by atoms with E-state index in [9.17, 15) is 0 Å². The molecule has 0 amide bonds. The second-order valence-corrected chi connectivity index (χ2v) is 5.30. The molecule has 0 unspecified atom stereocenters. The highest BCUT2D eigenvalue weighted by Crippen LogP contribution is 2.25. The lowest BCUT2D eigenvalue weighted by atomic mass is 9.98. The zero-order valence-corrected chi connectivity index (χ0v) is 11.3. The summed E-state index contributed by atoms with van der Waals surface area (Å²) in [4.78, 5) is 0. The zero-order valence-electron chi connectivity index (χ0n) is 10.5. The molecule has 1 atom stereocenters. The van der Waals surface area contributed by atoms with E-state index in [4.69, 9.17) is 5.73 Å². The second-order valence-electron chi connectivity index (χ2n) is 4.52. The van der Waals surface area contributed by atoms with E-state index in [0.717, 1.165) is 5.56 Å². The SMILES string of the molecule is N[C@H](c1ccc(-c2ccccc2)cc1)c1ccsc1. The van der Waals surface area contributed by atoms with Crippen LogP contribution in [0.1, 0.15) is 17.2 Å². The first-order valence-electron chi connectivity index (χ1n) is 6.27. The molecule has 1 nitrogen and oxygen atoms in total. The third-order valence-electron chi connectivity index (χ3n) is 3.28. The van der Waals surface area contributed by atoms with Gasteiger partial charge in [-0.15, -0.1) is 0 Å². The van der Waals surface area contributed by atoms with Gasteiger partial charge in [-0.25, -0.2) is 0 Å². The van der Waals surface area contributed by atoms with Crippen molar-refractivity contribution >= 4 is 11.3 Å². The first-order chi connectivity index (χ1) is 9.34. The van der Waals surface area contributed by atoms with Gasteiger partial charge in [0, 0.05) is 0 Å². The van der Waals surface area contributed by atoms with Crippen molar-refractivity contribution in [2.24, 2.45) is 5.73 Å². The van der Waals surface area contributed by atoms with E-state index in [1.807, 2.05) is 6.07 Å². The fraction of sp³-hybridized carbons (Fsp3) is 0.0588. The van der Waals surface area contributed by atoms with Crippen molar-refractivity contribution in [1.29, 1.82) is 0 Å². The minimum atomic E-state index is -0.0314. The lowest BCUT2D eigenvalue weighted by Crippen LogP contribution is -2.10. The summed E-state index contributed by atoms with van der Waals surface area (Å²) in [6, 6.07) is 20.9. The molecule has 1 heterocycles. The van der Waals surface area contributed by atoms with Crippen LogP contribution in [-0.4, -0.2) is 0 Å². The first-order valence-corrected chi connectivity index (χ1v) is 7.22. The van der Waals surface area contributed by atoms with Crippen LogP contribution < -0.4 is 5.73 Å². The van der Waals surface area contributed by atoms with Gasteiger partial charge in [-0.1, -0.05) is 54.6 Å². The number of rotatable bonds is 3. The van der Waals surface area contributed by atoms with Gasteiger partial charge in [0.15, 0.2) is 0 Å². The average Bonchev–Trinajstić information content (AvgIpc) is 3.02. The fourth-order valence-corrected chi connectivity index (χ4v) is 2.85. The summed E-state index contributed by atoms with van der Waals surface area (Å²) < 4.78 is 0. The van der Waals surface area contributed by atoms with Crippen LogP contribution in [0.15, 0.2) is 71.4 Å². The van der Waals surface area contributed by atoms with Crippen molar-refractivity contribution in [1.82, 2.24) is 0 Å². The minimum Gasteiger partial charge on any atom is -0.320 e. The summed E-state index contributed by atoms with van der Waals surface area (Å²) in [7, 11) is 0. The van der Waals surface area contributed by atoms with Gasteiger partial charge < -0.3 is 5.73 Å². The Hall–Kier alpha value is -1.90. The lowest BCUT2D eigenvalue weighted by Gasteiger charge is -2.11. The summed E-state index contributed by atoms with van der Waals surface area (Å²) in [5, 5.41) is 4.17. The Bertz CT molecular complexity index is 627. The van der Waals surface area contributed by atoms with Crippen LogP contribution in [0.5, 0.6) is 0 Å². The zero-order chi connectivity index (χ0) is 13.1.